The molecule has 0 aliphatic heterocycles. The number of rotatable bonds is 10. The van der Waals surface area contributed by atoms with Gasteiger partial charge in [0.2, 0.25) is 0 Å². The highest BCUT2D eigenvalue weighted by Gasteiger charge is 2.39. The summed E-state index contributed by atoms with van der Waals surface area (Å²) in [7, 11) is 1.66. The number of carbonyl (C=O) groups is 1. The number of esters is 1. The van der Waals surface area contributed by atoms with E-state index in [1.54, 1.807) is 7.11 Å². The molecule has 0 aromatic carbocycles. The molecule has 5 nitrogen and oxygen atoms in total. The molecule has 0 amide bonds. The largest absolute Gasteiger partial charge is 0.465 e. The van der Waals surface area contributed by atoms with Gasteiger partial charge in [-0.15, -0.1) is 0 Å². The summed E-state index contributed by atoms with van der Waals surface area (Å²) >= 11 is 0. The first-order valence-corrected chi connectivity index (χ1v) is 6.64. The van der Waals surface area contributed by atoms with E-state index in [0.29, 0.717) is 32.5 Å². The summed E-state index contributed by atoms with van der Waals surface area (Å²) in [6.45, 7) is 5.66. The lowest BCUT2D eigenvalue weighted by atomic mass is 10.0. The summed E-state index contributed by atoms with van der Waals surface area (Å²) in [5, 5.41) is 3.31. The quantitative estimate of drug-likeness (QED) is 0.470. The third-order valence-electron chi connectivity index (χ3n) is 2.85. The van der Waals surface area contributed by atoms with Crippen LogP contribution in [0.5, 0.6) is 0 Å². The molecule has 0 spiro atoms. The number of ether oxygens (including phenoxy) is 3. The van der Waals surface area contributed by atoms with Gasteiger partial charge in [0, 0.05) is 26.4 Å². The van der Waals surface area contributed by atoms with Crippen molar-refractivity contribution in [2.24, 2.45) is 0 Å². The Morgan fingerprint density at radius 3 is 2.67 bits per heavy atom. The van der Waals surface area contributed by atoms with Crippen LogP contribution in [-0.4, -0.2) is 51.1 Å². The van der Waals surface area contributed by atoms with Crippen molar-refractivity contribution >= 4 is 5.97 Å². The molecule has 0 aromatic heterocycles. The maximum Gasteiger partial charge on any atom is 0.328 e. The highest BCUT2D eigenvalue weighted by atomic mass is 16.5. The summed E-state index contributed by atoms with van der Waals surface area (Å²) < 4.78 is 15.6. The third kappa shape index (κ3) is 5.33. The fourth-order valence-electron chi connectivity index (χ4n) is 1.71. The van der Waals surface area contributed by atoms with Gasteiger partial charge in [-0.2, -0.15) is 0 Å². The highest BCUT2D eigenvalue weighted by Crippen LogP contribution is 2.23. The molecule has 1 N–H and O–H groups in total. The first kappa shape index (κ1) is 15.4. The van der Waals surface area contributed by atoms with E-state index >= 15 is 0 Å². The number of nitrogens with one attached hydrogen (secondary N) is 1. The van der Waals surface area contributed by atoms with Gasteiger partial charge in [0.1, 0.15) is 5.54 Å². The molecule has 1 unspecified atom stereocenters. The van der Waals surface area contributed by atoms with Gasteiger partial charge < -0.3 is 14.2 Å². The van der Waals surface area contributed by atoms with Gasteiger partial charge in [-0.3, -0.25) is 5.32 Å². The van der Waals surface area contributed by atoms with Crippen molar-refractivity contribution in [2.75, 3.05) is 33.5 Å². The lowest BCUT2D eigenvalue weighted by molar-refractivity contribution is -0.153. The molecule has 106 valence electrons. The van der Waals surface area contributed by atoms with Crippen LogP contribution in [0.1, 0.15) is 33.1 Å². The molecule has 1 rings (SSSR count). The summed E-state index contributed by atoms with van der Waals surface area (Å²) in [6.07, 6.45) is 3.08. The van der Waals surface area contributed by atoms with Crippen LogP contribution in [-0.2, 0) is 19.0 Å². The van der Waals surface area contributed by atoms with Crippen LogP contribution in [0.2, 0.25) is 0 Å². The van der Waals surface area contributed by atoms with Crippen LogP contribution in [0.4, 0.5) is 0 Å². The Hall–Kier alpha value is -0.650. The van der Waals surface area contributed by atoms with Crippen molar-refractivity contribution in [3.05, 3.63) is 0 Å². The van der Waals surface area contributed by atoms with E-state index in [9.17, 15) is 4.79 Å². The predicted molar refractivity (Wildman–Crippen MR) is 68.5 cm³/mol. The molecule has 5 heteroatoms. The van der Waals surface area contributed by atoms with Crippen molar-refractivity contribution in [3.63, 3.8) is 0 Å². The average Bonchev–Trinajstić information content (AvgIpc) is 3.13. The Morgan fingerprint density at radius 2 is 2.11 bits per heavy atom. The van der Waals surface area contributed by atoms with E-state index in [1.807, 2.05) is 13.8 Å². The van der Waals surface area contributed by atoms with Crippen LogP contribution >= 0.6 is 0 Å². The number of hydrogen-bond donors (Lipinski definition) is 1. The Kier molecular flexibility index (Phi) is 6.60. The topological polar surface area (TPSA) is 56.8 Å². The average molecular weight is 259 g/mol. The molecule has 0 saturated heterocycles. The van der Waals surface area contributed by atoms with Gasteiger partial charge in [0.05, 0.1) is 13.2 Å². The van der Waals surface area contributed by atoms with E-state index in [1.165, 1.54) is 0 Å². The third-order valence-corrected chi connectivity index (χ3v) is 2.85. The highest BCUT2D eigenvalue weighted by molar-refractivity contribution is 5.80. The Balaban J connectivity index is 2.35. The van der Waals surface area contributed by atoms with E-state index in [4.69, 9.17) is 14.2 Å². The molecular weight excluding hydrogens is 234 g/mol. The van der Waals surface area contributed by atoms with Crippen molar-refractivity contribution in [1.82, 2.24) is 5.32 Å². The second kappa shape index (κ2) is 7.71. The van der Waals surface area contributed by atoms with E-state index in [0.717, 1.165) is 19.3 Å². The molecule has 1 aliphatic rings. The second-order valence-electron chi connectivity index (χ2n) is 4.87. The molecule has 0 radical (unpaired) electrons. The maximum atomic E-state index is 12.0. The fourth-order valence-corrected chi connectivity index (χ4v) is 1.71. The van der Waals surface area contributed by atoms with Crippen LogP contribution < -0.4 is 5.32 Å². The molecular formula is C13H25NO4. The minimum Gasteiger partial charge on any atom is -0.465 e. The minimum absolute atomic E-state index is 0.233. The molecule has 1 aliphatic carbocycles. The molecule has 1 atom stereocenters. The molecule has 0 heterocycles. The first-order valence-electron chi connectivity index (χ1n) is 6.64. The zero-order chi connectivity index (χ0) is 13.4. The summed E-state index contributed by atoms with van der Waals surface area (Å²) in [4.78, 5) is 12.0. The van der Waals surface area contributed by atoms with Gasteiger partial charge in [-0.1, -0.05) is 0 Å². The Labute approximate surface area is 109 Å². The first-order chi connectivity index (χ1) is 8.62. The van der Waals surface area contributed by atoms with Crippen molar-refractivity contribution < 1.29 is 19.0 Å². The van der Waals surface area contributed by atoms with E-state index in [2.05, 4.69) is 5.32 Å². The second-order valence-corrected chi connectivity index (χ2v) is 4.87. The van der Waals surface area contributed by atoms with Gasteiger partial charge in [0.25, 0.3) is 0 Å². The van der Waals surface area contributed by atoms with Crippen LogP contribution in [0, 0.1) is 0 Å². The normalized spacial score (nSPS) is 18.4. The van der Waals surface area contributed by atoms with Gasteiger partial charge in [-0.25, -0.2) is 4.79 Å². The summed E-state index contributed by atoms with van der Waals surface area (Å²) in [6, 6.07) is 0.432. The summed E-state index contributed by atoms with van der Waals surface area (Å²) in [5.74, 6) is -0.233. The summed E-state index contributed by atoms with van der Waals surface area (Å²) in [5.41, 5.74) is -0.732. The molecule has 0 bridgehead atoms. The minimum atomic E-state index is -0.732. The molecule has 0 aromatic rings. The molecule has 18 heavy (non-hydrogen) atoms. The fraction of sp³-hybridized carbons (Fsp3) is 0.923. The number of carbonyl (C=O) groups excluding carboxylic acids is 1. The lowest BCUT2D eigenvalue weighted by Crippen LogP contribution is -2.55. The van der Waals surface area contributed by atoms with Gasteiger partial charge >= 0.3 is 5.97 Å². The van der Waals surface area contributed by atoms with E-state index < -0.39 is 5.54 Å². The van der Waals surface area contributed by atoms with Gasteiger partial charge in [0.15, 0.2) is 0 Å². The molecule has 1 fully saturated rings. The van der Waals surface area contributed by atoms with Crippen LogP contribution in [0.15, 0.2) is 0 Å². The maximum absolute atomic E-state index is 12.0. The standard InChI is InChI=1S/C13H25NO4/c1-4-18-12(15)13(2,14-11-6-7-11)10-17-9-5-8-16-3/h11,14H,4-10H2,1-3H3. The number of hydrogen-bond acceptors (Lipinski definition) is 5. The van der Waals surface area contributed by atoms with Crippen LogP contribution in [0.3, 0.4) is 0 Å². The van der Waals surface area contributed by atoms with Crippen molar-refractivity contribution in [3.8, 4) is 0 Å². The molecule has 1 saturated carbocycles. The Morgan fingerprint density at radius 1 is 1.39 bits per heavy atom. The van der Waals surface area contributed by atoms with Gasteiger partial charge in [-0.05, 0) is 33.1 Å². The lowest BCUT2D eigenvalue weighted by Gasteiger charge is -2.28. The monoisotopic (exact) mass is 259 g/mol. The number of methoxy groups -OCH3 is 1. The zero-order valence-corrected chi connectivity index (χ0v) is 11.7. The smallest absolute Gasteiger partial charge is 0.328 e. The Bertz CT molecular complexity index is 255. The SMILES string of the molecule is CCOC(=O)C(C)(COCCCOC)NC1CC1. The van der Waals surface area contributed by atoms with Crippen molar-refractivity contribution in [2.45, 2.75) is 44.7 Å². The van der Waals surface area contributed by atoms with E-state index in [-0.39, 0.29) is 5.97 Å². The van der Waals surface area contributed by atoms with Crippen LogP contribution in [0.25, 0.3) is 0 Å². The predicted octanol–water partition coefficient (Wildman–Crippen LogP) is 1.11. The van der Waals surface area contributed by atoms with Crippen molar-refractivity contribution in [1.29, 1.82) is 0 Å². The zero-order valence-electron chi connectivity index (χ0n) is 11.7.